The van der Waals surface area contributed by atoms with Gasteiger partial charge in [0.1, 0.15) is 19.3 Å². The van der Waals surface area contributed by atoms with E-state index < -0.39 is 13.9 Å². The maximum Gasteiger partial charge on any atom is 0.306 e. The Morgan fingerprint density at radius 1 is 0.652 bits per heavy atom. The van der Waals surface area contributed by atoms with Crippen LogP contribution in [0.15, 0.2) is 24.3 Å². The maximum absolute atomic E-state index is 12.6. The smallest absolute Gasteiger partial charge is 0.306 e. The second kappa shape index (κ2) is 31.3. The zero-order valence-corrected chi connectivity index (χ0v) is 31.4. The van der Waals surface area contributed by atoms with Crippen molar-refractivity contribution >= 4 is 13.8 Å². The molecule has 0 amide bonds. The van der Waals surface area contributed by atoms with Gasteiger partial charge in [-0.15, -0.1) is 0 Å². The van der Waals surface area contributed by atoms with E-state index in [4.69, 9.17) is 18.5 Å². The average Bonchev–Trinajstić information content (AvgIpc) is 2.99. The Kier molecular flexibility index (Phi) is 30.6. The number of allylic oxidation sites excluding steroid dienone is 4. The van der Waals surface area contributed by atoms with Gasteiger partial charge in [-0.05, 0) is 57.8 Å². The molecule has 2 unspecified atom stereocenters. The number of ether oxygens (including phenoxy) is 2. The Hall–Kier alpha value is -1.02. The molecular formula is C37H72NO7P. The van der Waals surface area contributed by atoms with Gasteiger partial charge in [-0.1, -0.05) is 109 Å². The second-order valence-corrected chi connectivity index (χ2v) is 15.0. The van der Waals surface area contributed by atoms with E-state index in [2.05, 4.69) is 38.2 Å². The molecule has 0 fully saturated rings. The van der Waals surface area contributed by atoms with Crippen molar-refractivity contribution in [2.75, 3.05) is 54.1 Å². The van der Waals surface area contributed by atoms with E-state index in [0.717, 1.165) is 44.9 Å². The Labute approximate surface area is 283 Å². The number of unbranched alkanes of at least 4 members (excludes halogenated alkanes) is 16. The third-order valence-corrected chi connectivity index (χ3v) is 8.69. The largest absolute Gasteiger partial charge is 0.756 e. The topological polar surface area (TPSA) is 94.1 Å². The van der Waals surface area contributed by atoms with Crippen LogP contribution in [0.5, 0.6) is 0 Å². The number of carbonyl (C=O) groups excluding carboxylic acids is 1. The van der Waals surface area contributed by atoms with Crippen LogP contribution in [-0.4, -0.2) is 70.7 Å². The lowest BCUT2D eigenvalue weighted by Gasteiger charge is -2.28. The lowest BCUT2D eigenvalue weighted by atomic mass is 10.1. The Morgan fingerprint density at radius 2 is 1.15 bits per heavy atom. The summed E-state index contributed by atoms with van der Waals surface area (Å²) in [7, 11) is 1.34. The number of hydrogen-bond acceptors (Lipinski definition) is 7. The number of nitrogens with zero attached hydrogens (tertiary/aromatic N) is 1. The summed E-state index contributed by atoms with van der Waals surface area (Å²) in [6.45, 7) is 5.32. The first-order valence-electron chi connectivity index (χ1n) is 18.6. The summed E-state index contributed by atoms with van der Waals surface area (Å²) in [5, 5.41) is 0. The minimum Gasteiger partial charge on any atom is -0.756 e. The number of phosphoric acid groups is 1. The van der Waals surface area contributed by atoms with E-state index in [1.807, 2.05) is 21.1 Å². The molecule has 0 saturated heterocycles. The zero-order valence-electron chi connectivity index (χ0n) is 30.5. The quantitative estimate of drug-likeness (QED) is 0.0221. The fourth-order valence-electron chi connectivity index (χ4n) is 4.75. The molecule has 0 aromatic carbocycles. The molecule has 0 radical (unpaired) electrons. The van der Waals surface area contributed by atoms with Crippen LogP contribution in [0.1, 0.15) is 149 Å². The highest BCUT2D eigenvalue weighted by Crippen LogP contribution is 2.38. The lowest BCUT2D eigenvalue weighted by Crippen LogP contribution is -2.37. The Balaban J connectivity index is 4.34. The molecule has 0 spiro atoms. The van der Waals surface area contributed by atoms with E-state index in [9.17, 15) is 14.3 Å². The van der Waals surface area contributed by atoms with E-state index >= 15 is 0 Å². The molecule has 0 aromatic rings. The van der Waals surface area contributed by atoms with Gasteiger partial charge in [0.15, 0.2) is 0 Å². The summed E-state index contributed by atoms with van der Waals surface area (Å²) in [6.07, 6.45) is 31.8. The third kappa shape index (κ3) is 34.3. The molecular weight excluding hydrogens is 601 g/mol. The maximum atomic E-state index is 12.6. The van der Waals surface area contributed by atoms with Crippen LogP contribution in [0.4, 0.5) is 0 Å². The van der Waals surface area contributed by atoms with Crippen molar-refractivity contribution in [3.8, 4) is 0 Å². The molecule has 0 aliphatic carbocycles. The van der Waals surface area contributed by atoms with Gasteiger partial charge in [0, 0.05) is 13.0 Å². The minimum absolute atomic E-state index is 0.0239. The standard InChI is InChI=1S/C37H72NO7P/c1-6-8-10-12-14-16-18-20-22-24-26-28-30-37(39)45-36(35-44-46(40,41)43-33-31-38(3,4)5)34-42-32-29-27-25-23-21-19-17-15-13-11-9-7-2/h13-16,36H,6-12,17-35H2,1-5H3/b15-13-,16-14-. The molecule has 0 rings (SSSR count). The van der Waals surface area contributed by atoms with Crippen LogP contribution in [-0.2, 0) is 27.9 Å². The van der Waals surface area contributed by atoms with Gasteiger partial charge in [0.25, 0.3) is 7.82 Å². The first-order chi connectivity index (χ1) is 22.1. The van der Waals surface area contributed by atoms with Gasteiger partial charge in [-0.25, -0.2) is 0 Å². The van der Waals surface area contributed by atoms with Crippen molar-refractivity contribution < 1.29 is 37.3 Å². The SMILES string of the molecule is CCCC/C=C\CCCCCCCCOCC(COP(=O)([O-])OCC[N+](C)(C)C)OC(=O)CCCCCCC/C=C\CCCCC. The number of rotatable bonds is 34. The molecule has 2 atom stereocenters. The third-order valence-electron chi connectivity index (χ3n) is 7.73. The predicted molar refractivity (Wildman–Crippen MR) is 190 cm³/mol. The number of phosphoric ester groups is 1. The summed E-state index contributed by atoms with van der Waals surface area (Å²) >= 11 is 0. The Morgan fingerprint density at radius 3 is 1.72 bits per heavy atom. The van der Waals surface area contributed by atoms with Crippen LogP contribution >= 0.6 is 7.82 Å². The van der Waals surface area contributed by atoms with Crippen molar-refractivity contribution in [2.45, 2.75) is 155 Å². The molecule has 0 N–H and O–H groups in total. The van der Waals surface area contributed by atoms with Gasteiger partial charge >= 0.3 is 5.97 Å². The predicted octanol–water partition coefficient (Wildman–Crippen LogP) is 9.47. The number of esters is 1. The summed E-state index contributed by atoms with van der Waals surface area (Å²) in [5.41, 5.74) is 0. The molecule has 8 nitrogen and oxygen atoms in total. The van der Waals surface area contributed by atoms with Crippen molar-refractivity contribution in [1.82, 2.24) is 0 Å². The first kappa shape index (κ1) is 45.0. The minimum atomic E-state index is -4.51. The molecule has 0 aromatic heterocycles. The number of quaternary nitrogens is 1. The van der Waals surface area contributed by atoms with Crippen LogP contribution in [0.2, 0.25) is 0 Å². The fraction of sp³-hybridized carbons (Fsp3) is 0.865. The molecule has 0 heterocycles. The summed E-state index contributed by atoms with van der Waals surface area (Å²) in [4.78, 5) is 24.9. The Bertz CT molecular complexity index is 797. The molecule has 46 heavy (non-hydrogen) atoms. The molecule has 9 heteroatoms. The highest BCUT2D eigenvalue weighted by atomic mass is 31.2. The van der Waals surface area contributed by atoms with Gasteiger partial charge in [0.05, 0.1) is 34.4 Å². The molecule has 0 aliphatic rings. The highest BCUT2D eigenvalue weighted by molar-refractivity contribution is 7.45. The summed E-state index contributed by atoms with van der Waals surface area (Å²) in [6, 6.07) is 0. The number of hydrogen-bond donors (Lipinski definition) is 0. The van der Waals surface area contributed by atoms with Crippen LogP contribution in [0, 0.1) is 0 Å². The fourth-order valence-corrected chi connectivity index (χ4v) is 5.48. The van der Waals surface area contributed by atoms with Gasteiger partial charge in [0.2, 0.25) is 0 Å². The van der Waals surface area contributed by atoms with Gasteiger partial charge in [-0.2, -0.15) is 0 Å². The zero-order chi connectivity index (χ0) is 34.2. The summed E-state index contributed by atoms with van der Waals surface area (Å²) in [5.74, 6) is -0.348. The van der Waals surface area contributed by atoms with E-state index in [0.29, 0.717) is 24.1 Å². The lowest BCUT2D eigenvalue weighted by molar-refractivity contribution is -0.870. The number of carbonyl (C=O) groups is 1. The van der Waals surface area contributed by atoms with Crippen molar-refractivity contribution in [3.63, 3.8) is 0 Å². The molecule has 0 saturated carbocycles. The van der Waals surface area contributed by atoms with Gasteiger partial charge in [-0.3, -0.25) is 9.36 Å². The molecule has 272 valence electrons. The van der Waals surface area contributed by atoms with Crippen molar-refractivity contribution in [3.05, 3.63) is 24.3 Å². The average molecular weight is 674 g/mol. The van der Waals surface area contributed by atoms with Crippen LogP contribution in [0.3, 0.4) is 0 Å². The van der Waals surface area contributed by atoms with Crippen molar-refractivity contribution in [1.29, 1.82) is 0 Å². The van der Waals surface area contributed by atoms with E-state index in [1.165, 1.54) is 83.5 Å². The van der Waals surface area contributed by atoms with Crippen LogP contribution < -0.4 is 4.89 Å². The number of likely N-dealkylation sites (N-methyl/N-ethyl adjacent to an activating group) is 1. The van der Waals surface area contributed by atoms with Crippen molar-refractivity contribution in [2.24, 2.45) is 0 Å². The van der Waals surface area contributed by atoms with Gasteiger partial charge < -0.3 is 27.9 Å². The molecule has 0 bridgehead atoms. The summed E-state index contributed by atoms with van der Waals surface area (Å²) < 4.78 is 34.4. The van der Waals surface area contributed by atoms with Crippen LogP contribution in [0.25, 0.3) is 0 Å². The molecule has 0 aliphatic heterocycles. The normalized spacial score (nSPS) is 14.3. The van der Waals surface area contributed by atoms with E-state index in [-0.39, 0.29) is 25.8 Å². The monoisotopic (exact) mass is 674 g/mol. The highest BCUT2D eigenvalue weighted by Gasteiger charge is 2.20. The first-order valence-corrected chi connectivity index (χ1v) is 20.0. The van der Waals surface area contributed by atoms with E-state index in [1.54, 1.807) is 0 Å². The second-order valence-electron chi connectivity index (χ2n) is 13.6.